The molecule has 2 N–H and O–H groups in total. The van der Waals surface area contributed by atoms with Crippen molar-refractivity contribution in [3.8, 4) is 0 Å². The van der Waals surface area contributed by atoms with Gasteiger partial charge in [0.15, 0.2) is 11.6 Å². The standard InChI is InChI=1S/C20H24N2O3/c23-13-20(10-15-8-4-5-9-16(15)11-20)22-18(24)17-12-25-19(21-17)14-6-2-1-3-7-14/h4-5,8-9,12,14,23H,1-3,6-7,10-11,13H2,(H,22,24). The molecule has 25 heavy (non-hydrogen) atoms. The van der Waals surface area contributed by atoms with Crippen molar-refractivity contribution >= 4 is 5.91 Å². The molecule has 0 unspecified atom stereocenters. The zero-order valence-electron chi connectivity index (χ0n) is 14.3. The smallest absolute Gasteiger partial charge is 0.273 e. The molecule has 132 valence electrons. The molecule has 0 atom stereocenters. The molecule has 4 rings (SSSR count). The maximum Gasteiger partial charge on any atom is 0.273 e. The van der Waals surface area contributed by atoms with Gasteiger partial charge in [0.25, 0.3) is 5.91 Å². The number of nitrogens with zero attached hydrogens (tertiary/aromatic N) is 1. The second kappa shape index (κ2) is 6.64. The topological polar surface area (TPSA) is 75.4 Å². The lowest BCUT2D eigenvalue weighted by atomic mass is 9.89. The first-order valence-electron chi connectivity index (χ1n) is 9.15. The quantitative estimate of drug-likeness (QED) is 0.897. The third-order valence-electron chi connectivity index (χ3n) is 5.57. The van der Waals surface area contributed by atoms with Crippen LogP contribution in [-0.4, -0.2) is 28.1 Å². The fourth-order valence-corrected chi connectivity index (χ4v) is 4.17. The van der Waals surface area contributed by atoms with Crippen molar-refractivity contribution in [2.45, 2.75) is 56.4 Å². The summed E-state index contributed by atoms with van der Waals surface area (Å²) in [6.07, 6.45) is 8.55. The maximum absolute atomic E-state index is 12.7. The van der Waals surface area contributed by atoms with E-state index in [1.54, 1.807) is 0 Å². The van der Waals surface area contributed by atoms with Crippen molar-refractivity contribution in [2.24, 2.45) is 0 Å². The Balaban J connectivity index is 1.47. The highest BCUT2D eigenvalue weighted by molar-refractivity contribution is 5.92. The zero-order chi connectivity index (χ0) is 17.3. The first-order chi connectivity index (χ1) is 12.2. The van der Waals surface area contributed by atoms with Crippen LogP contribution in [0.2, 0.25) is 0 Å². The number of carbonyl (C=O) groups excluding carboxylic acids is 1. The highest BCUT2D eigenvalue weighted by atomic mass is 16.3. The minimum absolute atomic E-state index is 0.0965. The van der Waals surface area contributed by atoms with Gasteiger partial charge in [-0.1, -0.05) is 43.5 Å². The third kappa shape index (κ3) is 3.21. The van der Waals surface area contributed by atoms with Crippen LogP contribution in [0.4, 0.5) is 0 Å². The van der Waals surface area contributed by atoms with Crippen LogP contribution in [0.5, 0.6) is 0 Å². The Bertz CT molecular complexity index is 737. The Kier molecular flexibility index (Phi) is 4.34. The molecule has 0 radical (unpaired) electrons. The Morgan fingerprint density at radius 3 is 2.52 bits per heavy atom. The van der Waals surface area contributed by atoms with Crippen LogP contribution in [-0.2, 0) is 12.8 Å². The molecule has 2 aliphatic rings. The van der Waals surface area contributed by atoms with E-state index in [2.05, 4.69) is 22.4 Å². The van der Waals surface area contributed by atoms with Crippen LogP contribution < -0.4 is 5.32 Å². The highest BCUT2D eigenvalue weighted by Gasteiger charge is 2.38. The molecular formula is C20H24N2O3. The molecule has 0 saturated heterocycles. The summed E-state index contributed by atoms with van der Waals surface area (Å²) in [6.45, 7) is -0.0965. The minimum Gasteiger partial charge on any atom is -0.448 e. The summed E-state index contributed by atoms with van der Waals surface area (Å²) in [7, 11) is 0. The number of fused-ring (bicyclic) bond motifs is 1. The van der Waals surface area contributed by atoms with Crippen LogP contribution in [0.3, 0.4) is 0 Å². The molecule has 1 aromatic carbocycles. The Morgan fingerprint density at radius 2 is 1.88 bits per heavy atom. The summed E-state index contributed by atoms with van der Waals surface area (Å²) in [4.78, 5) is 17.1. The van der Waals surface area contributed by atoms with Crippen molar-refractivity contribution in [3.05, 3.63) is 53.2 Å². The molecule has 5 heteroatoms. The number of amides is 1. The lowest BCUT2D eigenvalue weighted by Gasteiger charge is -2.27. The molecule has 0 bridgehead atoms. The van der Waals surface area contributed by atoms with E-state index < -0.39 is 5.54 Å². The average Bonchev–Trinajstić information content (AvgIpc) is 3.27. The average molecular weight is 340 g/mol. The molecule has 2 aromatic rings. The molecule has 5 nitrogen and oxygen atoms in total. The molecule has 0 spiro atoms. The summed E-state index contributed by atoms with van der Waals surface area (Å²) < 4.78 is 5.58. The number of hydrogen-bond donors (Lipinski definition) is 2. The number of benzene rings is 1. The summed E-state index contributed by atoms with van der Waals surface area (Å²) in [5.74, 6) is 0.739. The van der Waals surface area contributed by atoms with E-state index in [0.29, 0.717) is 30.3 Å². The lowest BCUT2D eigenvalue weighted by Crippen LogP contribution is -2.52. The van der Waals surface area contributed by atoms with Gasteiger partial charge in [-0.25, -0.2) is 4.98 Å². The van der Waals surface area contributed by atoms with Crippen molar-refractivity contribution in [3.63, 3.8) is 0 Å². The number of aliphatic hydroxyl groups excluding tert-OH is 1. The predicted octanol–water partition coefficient (Wildman–Crippen LogP) is 2.98. The summed E-state index contributed by atoms with van der Waals surface area (Å²) in [5, 5.41) is 12.9. The van der Waals surface area contributed by atoms with E-state index in [1.807, 2.05) is 12.1 Å². The monoisotopic (exact) mass is 340 g/mol. The molecule has 1 saturated carbocycles. The van der Waals surface area contributed by atoms with E-state index in [9.17, 15) is 9.90 Å². The van der Waals surface area contributed by atoms with Gasteiger partial charge in [0, 0.05) is 5.92 Å². The molecular weight excluding hydrogens is 316 g/mol. The van der Waals surface area contributed by atoms with Gasteiger partial charge in [-0.3, -0.25) is 4.79 Å². The van der Waals surface area contributed by atoms with Gasteiger partial charge < -0.3 is 14.8 Å². The fraction of sp³-hybridized carbons (Fsp3) is 0.500. The van der Waals surface area contributed by atoms with Crippen LogP contribution in [0, 0.1) is 0 Å². The van der Waals surface area contributed by atoms with E-state index >= 15 is 0 Å². The highest BCUT2D eigenvalue weighted by Crippen LogP contribution is 2.33. The number of hydrogen-bond acceptors (Lipinski definition) is 4. The largest absolute Gasteiger partial charge is 0.448 e. The number of nitrogens with one attached hydrogen (secondary N) is 1. The second-order valence-corrected chi connectivity index (χ2v) is 7.42. The van der Waals surface area contributed by atoms with Gasteiger partial charge in [-0.05, 0) is 36.8 Å². The van der Waals surface area contributed by atoms with Gasteiger partial charge in [-0.2, -0.15) is 0 Å². The molecule has 1 amide bonds. The van der Waals surface area contributed by atoms with E-state index in [1.165, 1.54) is 36.7 Å². The molecule has 0 aliphatic heterocycles. The van der Waals surface area contributed by atoms with E-state index in [-0.39, 0.29) is 12.5 Å². The van der Waals surface area contributed by atoms with Gasteiger partial charge >= 0.3 is 0 Å². The summed E-state index contributed by atoms with van der Waals surface area (Å²) >= 11 is 0. The molecule has 2 aliphatic carbocycles. The van der Waals surface area contributed by atoms with Gasteiger partial charge in [0.1, 0.15) is 6.26 Å². The third-order valence-corrected chi connectivity index (χ3v) is 5.57. The minimum atomic E-state index is -0.648. The van der Waals surface area contributed by atoms with Crippen molar-refractivity contribution < 1.29 is 14.3 Å². The number of aromatic nitrogens is 1. The SMILES string of the molecule is O=C(NC1(CO)Cc2ccccc2C1)c1coc(C2CCCCC2)n1. The Morgan fingerprint density at radius 1 is 1.20 bits per heavy atom. The van der Waals surface area contributed by atoms with Crippen LogP contribution in [0.1, 0.15) is 65.5 Å². The van der Waals surface area contributed by atoms with Crippen molar-refractivity contribution in [2.75, 3.05) is 6.61 Å². The van der Waals surface area contributed by atoms with Crippen LogP contribution in [0.25, 0.3) is 0 Å². The van der Waals surface area contributed by atoms with Crippen molar-refractivity contribution in [1.29, 1.82) is 0 Å². The zero-order valence-corrected chi connectivity index (χ0v) is 14.3. The second-order valence-electron chi connectivity index (χ2n) is 7.42. The van der Waals surface area contributed by atoms with Crippen molar-refractivity contribution in [1.82, 2.24) is 10.3 Å². The molecule has 1 fully saturated rings. The lowest BCUT2D eigenvalue weighted by molar-refractivity contribution is 0.0837. The van der Waals surface area contributed by atoms with E-state index in [4.69, 9.17) is 4.42 Å². The van der Waals surface area contributed by atoms with Gasteiger partial charge in [0.2, 0.25) is 0 Å². The number of carbonyl (C=O) groups is 1. The molecule has 1 heterocycles. The predicted molar refractivity (Wildman–Crippen MR) is 93.5 cm³/mol. The number of aliphatic hydroxyl groups is 1. The summed E-state index contributed by atoms with van der Waals surface area (Å²) in [5.41, 5.74) is 2.02. The van der Waals surface area contributed by atoms with Crippen LogP contribution in [0.15, 0.2) is 34.9 Å². The summed E-state index contributed by atoms with van der Waals surface area (Å²) in [6, 6.07) is 8.08. The van der Waals surface area contributed by atoms with Gasteiger partial charge in [-0.15, -0.1) is 0 Å². The normalized spacial score (nSPS) is 19.6. The number of rotatable bonds is 4. The number of oxazole rings is 1. The van der Waals surface area contributed by atoms with Gasteiger partial charge in [0.05, 0.1) is 12.1 Å². The Labute approximate surface area is 147 Å². The van der Waals surface area contributed by atoms with E-state index in [0.717, 1.165) is 12.8 Å². The Hall–Kier alpha value is -2.14. The first kappa shape index (κ1) is 16.3. The van der Waals surface area contributed by atoms with Crippen LogP contribution >= 0.6 is 0 Å². The first-order valence-corrected chi connectivity index (χ1v) is 9.15. The maximum atomic E-state index is 12.7. The fourth-order valence-electron chi connectivity index (χ4n) is 4.17. The molecule has 1 aromatic heterocycles.